The van der Waals surface area contributed by atoms with Crippen molar-refractivity contribution in [2.24, 2.45) is 7.05 Å². The van der Waals surface area contributed by atoms with Crippen molar-refractivity contribution < 1.29 is 4.79 Å². The van der Waals surface area contributed by atoms with Crippen LogP contribution in [0.4, 0.5) is 0 Å². The van der Waals surface area contributed by atoms with Crippen LogP contribution in [0.3, 0.4) is 0 Å². The van der Waals surface area contributed by atoms with E-state index >= 15 is 0 Å². The molecule has 0 radical (unpaired) electrons. The predicted molar refractivity (Wildman–Crippen MR) is 72.9 cm³/mol. The molecular weight excluding hydrogens is 226 g/mol. The molecule has 0 amide bonds. The van der Waals surface area contributed by atoms with Crippen LogP contribution in [-0.2, 0) is 7.05 Å². The Morgan fingerprint density at radius 3 is 2.89 bits per heavy atom. The Hall–Kier alpha value is -1.13. The maximum absolute atomic E-state index is 12.1. The minimum Gasteiger partial charge on any atom is -0.357 e. The van der Waals surface area contributed by atoms with Crippen molar-refractivity contribution in [3.8, 4) is 0 Å². The van der Waals surface area contributed by atoms with Gasteiger partial charge < -0.3 is 9.47 Å². The monoisotopic (exact) mass is 249 g/mol. The van der Waals surface area contributed by atoms with E-state index in [0.29, 0.717) is 12.6 Å². The molecule has 1 aromatic heterocycles. The van der Waals surface area contributed by atoms with Crippen molar-refractivity contribution in [1.29, 1.82) is 0 Å². The number of likely N-dealkylation sites (N-methyl/N-ethyl adjacent to an activating group) is 2. The van der Waals surface area contributed by atoms with Crippen LogP contribution in [0.1, 0.15) is 23.2 Å². The summed E-state index contributed by atoms with van der Waals surface area (Å²) < 4.78 is 1.92. The molecule has 2 rings (SSSR count). The molecule has 1 unspecified atom stereocenters. The molecule has 1 aliphatic heterocycles. The van der Waals surface area contributed by atoms with Crippen LogP contribution in [0.2, 0.25) is 0 Å². The highest BCUT2D eigenvalue weighted by Crippen LogP contribution is 2.14. The van der Waals surface area contributed by atoms with Crippen LogP contribution in [0.25, 0.3) is 0 Å². The summed E-state index contributed by atoms with van der Waals surface area (Å²) in [5.74, 6) is 0.214. The quantitative estimate of drug-likeness (QED) is 0.752. The maximum Gasteiger partial charge on any atom is 0.178 e. The second kappa shape index (κ2) is 5.67. The zero-order valence-corrected chi connectivity index (χ0v) is 11.6. The summed E-state index contributed by atoms with van der Waals surface area (Å²) in [6, 6.07) is 2.40. The Labute approximate surface area is 109 Å². The molecular formula is C14H23N3O. The van der Waals surface area contributed by atoms with E-state index in [0.717, 1.165) is 12.1 Å². The van der Waals surface area contributed by atoms with Gasteiger partial charge in [-0.15, -0.1) is 0 Å². The summed E-state index contributed by atoms with van der Waals surface area (Å²) in [5.41, 5.74) is 0.813. The lowest BCUT2D eigenvalue weighted by atomic mass is 10.0. The van der Waals surface area contributed by atoms with Gasteiger partial charge in [0.1, 0.15) is 0 Å². The minimum atomic E-state index is 0.214. The fourth-order valence-corrected chi connectivity index (χ4v) is 2.61. The van der Waals surface area contributed by atoms with Crippen LogP contribution in [0, 0.1) is 0 Å². The molecule has 1 fully saturated rings. The number of aromatic nitrogens is 1. The van der Waals surface area contributed by atoms with Gasteiger partial charge in [0.25, 0.3) is 0 Å². The number of carbonyl (C=O) groups excluding carboxylic acids is 1. The van der Waals surface area contributed by atoms with E-state index in [1.54, 1.807) is 0 Å². The summed E-state index contributed by atoms with van der Waals surface area (Å²) in [6.07, 6.45) is 6.23. The Balaban J connectivity index is 1.90. The molecule has 4 heteroatoms. The molecule has 1 atom stereocenters. The van der Waals surface area contributed by atoms with Gasteiger partial charge in [-0.05, 0) is 39.5 Å². The van der Waals surface area contributed by atoms with Gasteiger partial charge in [-0.25, -0.2) is 0 Å². The molecule has 1 aromatic rings. The molecule has 4 nitrogen and oxygen atoms in total. The van der Waals surface area contributed by atoms with E-state index in [-0.39, 0.29) is 5.78 Å². The number of carbonyl (C=O) groups is 1. The molecule has 0 N–H and O–H groups in total. The predicted octanol–water partition coefficient (Wildman–Crippen LogP) is 1.23. The third-order valence-corrected chi connectivity index (χ3v) is 3.77. The molecule has 18 heavy (non-hydrogen) atoms. The van der Waals surface area contributed by atoms with Gasteiger partial charge >= 0.3 is 0 Å². The first-order valence-corrected chi connectivity index (χ1v) is 6.60. The van der Waals surface area contributed by atoms with Gasteiger partial charge in [0, 0.05) is 37.6 Å². The second-order valence-corrected chi connectivity index (χ2v) is 5.46. The lowest BCUT2D eigenvalue weighted by Crippen LogP contribution is -2.46. The lowest BCUT2D eigenvalue weighted by Gasteiger charge is -2.35. The molecule has 0 spiro atoms. The first-order chi connectivity index (χ1) is 8.56. The number of piperidine rings is 1. The third kappa shape index (κ3) is 3.21. The van der Waals surface area contributed by atoms with Gasteiger partial charge in [-0.2, -0.15) is 0 Å². The number of hydrogen-bond acceptors (Lipinski definition) is 3. The number of rotatable bonds is 4. The Morgan fingerprint density at radius 1 is 1.50 bits per heavy atom. The standard InChI is InChI=1S/C14H23N3O/c1-15-7-4-5-13(10-15)17(3)11-14(18)12-6-8-16(2)9-12/h6,8-9,13H,4-5,7,10-11H2,1-3H3. The third-order valence-electron chi connectivity index (χ3n) is 3.77. The van der Waals surface area contributed by atoms with Crippen molar-refractivity contribution in [2.45, 2.75) is 18.9 Å². The molecule has 100 valence electrons. The molecule has 0 aliphatic carbocycles. The van der Waals surface area contributed by atoms with Crippen molar-refractivity contribution >= 4 is 5.78 Å². The average Bonchev–Trinajstić information content (AvgIpc) is 2.76. The van der Waals surface area contributed by atoms with E-state index < -0.39 is 0 Å². The van der Waals surface area contributed by atoms with Crippen LogP contribution < -0.4 is 0 Å². The van der Waals surface area contributed by atoms with E-state index in [9.17, 15) is 4.79 Å². The first kappa shape index (κ1) is 13.3. The highest BCUT2D eigenvalue weighted by Gasteiger charge is 2.22. The summed E-state index contributed by atoms with van der Waals surface area (Å²) >= 11 is 0. The molecule has 0 saturated carbocycles. The number of ketones is 1. The number of hydrogen-bond donors (Lipinski definition) is 0. The van der Waals surface area contributed by atoms with E-state index in [4.69, 9.17) is 0 Å². The highest BCUT2D eigenvalue weighted by molar-refractivity contribution is 5.97. The number of likely N-dealkylation sites (tertiary alicyclic amines) is 1. The summed E-state index contributed by atoms with van der Waals surface area (Å²) in [4.78, 5) is 16.7. The van der Waals surface area contributed by atoms with Crippen LogP contribution in [-0.4, -0.2) is 59.9 Å². The summed E-state index contributed by atoms with van der Waals surface area (Å²) in [5, 5.41) is 0. The van der Waals surface area contributed by atoms with Crippen molar-refractivity contribution in [3.63, 3.8) is 0 Å². The summed E-state index contributed by atoms with van der Waals surface area (Å²) in [6.45, 7) is 2.76. The van der Waals surface area contributed by atoms with Crippen LogP contribution in [0.5, 0.6) is 0 Å². The Kier molecular flexibility index (Phi) is 4.19. The molecule has 0 bridgehead atoms. The van der Waals surface area contributed by atoms with Crippen molar-refractivity contribution in [2.75, 3.05) is 33.7 Å². The summed E-state index contributed by atoms with van der Waals surface area (Å²) in [7, 11) is 6.15. The number of nitrogens with zero attached hydrogens (tertiary/aromatic N) is 3. The van der Waals surface area contributed by atoms with E-state index in [2.05, 4.69) is 23.9 Å². The second-order valence-electron chi connectivity index (χ2n) is 5.46. The Bertz CT molecular complexity index is 413. The van der Waals surface area contributed by atoms with E-state index in [1.807, 2.05) is 30.1 Å². The van der Waals surface area contributed by atoms with Crippen LogP contribution in [0.15, 0.2) is 18.5 Å². The largest absolute Gasteiger partial charge is 0.357 e. The smallest absolute Gasteiger partial charge is 0.178 e. The molecule has 0 aromatic carbocycles. The van der Waals surface area contributed by atoms with E-state index in [1.165, 1.54) is 19.4 Å². The molecule has 1 saturated heterocycles. The van der Waals surface area contributed by atoms with Gasteiger partial charge in [0.15, 0.2) is 5.78 Å². The fraction of sp³-hybridized carbons (Fsp3) is 0.643. The Morgan fingerprint density at radius 2 is 2.28 bits per heavy atom. The number of Topliss-reactive ketones (excluding diaryl/α,β-unsaturated/α-hetero) is 1. The fourth-order valence-electron chi connectivity index (χ4n) is 2.61. The minimum absolute atomic E-state index is 0.214. The maximum atomic E-state index is 12.1. The lowest BCUT2D eigenvalue weighted by molar-refractivity contribution is 0.0857. The zero-order chi connectivity index (χ0) is 13.1. The van der Waals surface area contributed by atoms with Crippen LogP contribution >= 0.6 is 0 Å². The zero-order valence-electron chi connectivity index (χ0n) is 11.6. The normalized spacial score (nSPS) is 21.4. The number of aryl methyl sites for hydroxylation is 1. The van der Waals surface area contributed by atoms with Gasteiger partial charge in [0.05, 0.1) is 6.54 Å². The topological polar surface area (TPSA) is 28.5 Å². The molecule has 1 aliphatic rings. The SMILES string of the molecule is CN1CCCC(N(C)CC(=O)c2ccn(C)c2)C1. The van der Waals surface area contributed by atoms with Gasteiger partial charge in [-0.1, -0.05) is 0 Å². The first-order valence-electron chi connectivity index (χ1n) is 6.60. The molecule has 2 heterocycles. The average molecular weight is 249 g/mol. The highest BCUT2D eigenvalue weighted by atomic mass is 16.1. The van der Waals surface area contributed by atoms with Crippen molar-refractivity contribution in [3.05, 3.63) is 24.0 Å². The van der Waals surface area contributed by atoms with Crippen molar-refractivity contribution in [1.82, 2.24) is 14.4 Å². The van der Waals surface area contributed by atoms with Gasteiger partial charge in [-0.3, -0.25) is 9.69 Å². The van der Waals surface area contributed by atoms with Gasteiger partial charge in [0.2, 0.25) is 0 Å².